The number of allylic oxidation sites excluding steroid dienone is 1. The third-order valence-corrected chi connectivity index (χ3v) is 5.86. The average Bonchev–Trinajstić information content (AvgIpc) is 2.96. The van der Waals surface area contributed by atoms with Gasteiger partial charge in [-0.1, -0.05) is 67.5 Å². The second-order valence-corrected chi connectivity index (χ2v) is 8.77. The van der Waals surface area contributed by atoms with E-state index >= 15 is 0 Å². The molecule has 3 aromatic rings. The van der Waals surface area contributed by atoms with Gasteiger partial charge in [-0.2, -0.15) is 0 Å². The maximum atomic E-state index is 12.4. The molecule has 0 aliphatic carbocycles. The number of carbonyl (C=O) groups excluding carboxylic acids is 1. The SMILES string of the molecule is C=CCn1c(-c2ccc(Br)cc2)c(C)s/c1=N\NC(=O)c1cccc(Br)c1.[Br-]. The number of carbonyl (C=O) groups is 1. The Kier molecular flexibility index (Phi) is 8.42. The molecule has 1 aromatic heterocycles. The third-order valence-electron chi connectivity index (χ3n) is 3.85. The number of nitrogens with one attached hydrogen (secondary N) is 1. The highest BCUT2D eigenvalue weighted by atomic mass is 79.9. The summed E-state index contributed by atoms with van der Waals surface area (Å²) in [5.74, 6) is -0.252. The van der Waals surface area contributed by atoms with Crippen LogP contribution in [0.15, 0.2) is 75.2 Å². The Morgan fingerprint density at radius 1 is 1.21 bits per heavy atom. The van der Waals surface area contributed by atoms with Crippen LogP contribution < -0.4 is 27.2 Å². The minimum Gasteiger partial charge on any atom is -1.00 e. The van der Waals surface area contributed by atoms with Gasteiger partial charge in [-0.3, -0.25) is 4.79 Å². The minimum absolute atomic E-state index is 0. The molecule has 0 aliphatic heterocycles. The second-order valence-electron chi connectivity index (χ2n) is 5.76. The Balaban J connectivity index is 0.00000280. The van der Waals surface area contributed by atoms with Crippen LogP contribution in [0.5, 0.6) is 0 Å². The number of hydrogen-bond donors (Lipinski definition) is 1. The van der Waals surface area contributed by atoms with Crippen LogP contribution in [-0.2, 0) is 6.54 Å². The van der Waals surface area contributed by atoms with Crippen molar-refractivity contribution in [3.05, 3.63) is 85.4 Å². The molecule has 0 atom stereocenters. The van der Waals surface area contributed by atoms with Gasteiger partial charge in [0.05, 0.1) is 5.69 Å². The summed E-state index contributed by atoms with van der Waals surface area (Å²) in [5, 5.41) is 4.36. The smallest absolute Gasteiger partial charge is 0.271 e. The standard InChI is InChI=1S/C20H17Br2N3OS.BrH/c1-3-11-25-18(14-7-9-16(21)10-8-14)13(2)27-20(25)24-23-19(26)15-5-4-6-17(22)12-15;/h3-10,12H,1,11H2,2H3,(H,23,26);1H/p-1/b24-20-;. The Morgan fingerprint density at radius 3 is 2.57 bits per heavy atom. The zero-order chi connectivity index (χ0) is 19.4. The molecule has 146 valence electrons. The number of aromatic nitrogens is 1. The van der Waals surface area contributed by atoms with Crippen LogP contribution in [-0.4, -0.2) is 10.5 Å². The van der Waals surface area contributed by atoms with Crippen molar-refractivity contribution in [2.24, 2.45) is 5.10 Å². The summed E-state index contributed by atoms with van der Waals surface area (Å²) >= 11 is 8.38. The summed E-state index contributed by atoms with van der Waals surface area (Å²) < 4.78 is 3.93. The lowest BCUT2D eigenvalue weighted by Gasteiger charge is -2.08. The lowest BCUT2D eigenvalue weighted by molar-refractivity contribution is -0.0000134. The highest BCUT2D eigenvalue weighted by molar-refractivity contribution is 9.10. The molecule has 1 heterocycles. The molecule has 1 N–H and O–H groups in total. The van der Waals surface area contributed by atoms with Crippen LogP contribution in [0.2, 0.25) is 0 Å². The van der Waals surface area contributed by atoms with Crippen molar-refractivity contribution in [1.29, 1.82) is 0 Å². The molecule has 0 aliphatic rings. The largest absolute Gasteiger partial charge is 1.00 e. The van der Waals surface area contributed by atoms with Gasteiger partial charge in [0, 0.05) is 25.9 Å². The first-order valence-corrected chi connectivity index (χ1v) is 10.6. The molecule has 0 fully saturated rings. The molecule has 8 heteroatoms. The van der Waals surface area contributed by atoms with Crippen LogP contribution in [0.4, 0.5) is 0 Å². The molecule has 4 nitrogen and oxygen atoms in total. The van der Waals surface area contributed by atoms with E-state index in [1.807, 2.05) is 30.3 Å². The fraction of sp³-hybridized carbons (Fsp3) is 0.100. The number of rotatable bonds is 5. The number of nitrogens with zero attached hydrogens (tertiary/aromatic N) is 2. The predicted octanol–water partition coefficient (Wildman–Crippen LogP) is 2.49. The normalized spacial score (nSPS) is 11.0. The molecular formula is C20H17Br3N3OS-. The van der Waals surface area contributed by atoms with Gasteiger partial charge in [0.25, 0.3) is 5.91 Å². The lowest BCUT2D eigenvalue weighted by atomic mass is 10.1. The van der Waals surface area contributed by atoms with Gasteiger partial charge < -0.3 is 21.5 Å². The number of thiazole rings is 1. The van der Waals surface area contributed by atoms with Crippen molar-refractivity contribution in [3.8, 4) is 11.3 Å². The first-order valence-electron chi connectivity index (χ1n) is 8.16. The molecule has 0 spiro atoms. The van der Waals surface area contributed by atoms with E-state index in [9.17, 15) is 4.79 Å². The van der Waals surface area contributed by atoms with Crippen LogP contribution in [0, 0.1) is 6.92 Å². The van der Waals surface area contributed by atoms with Crippen LogP contribution in [0.25, 0.3) is 11.3 Å². The summed E-state index contributed by atoms with van der Waals surface area (Å²) in [5.41, 5.74) is 5.36. The molecule has 0 radical (unpaired) electrons. The molecule has 2 aromatic carbocycles. The van der Waals surface area contributed by atoms with Crippen LogP contribution in [0.3, 0.4) is 0 Å². The number of hydrogen-bond acceptors (Lipinski definition) is 3. The molecule has 0 saturated heterocycles. The van der Waals surface area contributed by atoms with E-state index in [1.165, 1.54) is 11.3 Å². The Bertz CT molecular complexity index is 1060. The number of aryl methyl sites for hydroxylation is 1. The van der Waals surface area contributed by atoms with Crippen molar-refractivity contribution in [3.63, 3.8) is 0 Å². The topological polar surface area (TPSA) is 46.4 Å². The molecule has 28 heavy (non-hydrogen) atoms. The zero-order valence-electron chi connectivity index (χ0n) is 15.0. The Morgan fingerprint density at radius 2 is 1.93 bits per heavy atom. The van der Waals surface area contributed by atoms with E-state index in [1.54, 1.807) is 12.1 Å². The van der Waals surface area contributed by atoms with Gasteiger partial charge in [-0.05, 0) is 42.8 Å². The van der Waals surface area contributed by atoms with E-state index in [0.717, 1.165) is 25.1 Å². The highest BCUT2D eigenvalue weighted by Crippen LogP contribution is 2.26. The van der Waals surface area contributed by atoms with Crippen molar-refractivity contribution in [2.45, 2.75) is 13.5 Å². The number of halogens is 3. The van der Waals surface area contributed by atoms with Crippen molar-refractivity contribution in [1.82, 2.24) is 9.99 Å². The van der Waals surface area contributed by atoms with E-state index in [-0.39, 0.29) is 22.9 Å². The first kappa shape index (κ1) is 22.8. The maximum absolute atomic E-state index is 12.4. The summed E-state index contributed by atoms with van der Waals surface area (Å²) in [6, 6.07) is 15.3. The summed E-state index contributed by atoms with van der Waals surface area (Å²) in [7, 11) is 0. The van der Waals surface area contributed by atoms with Crippen LogP contribution in [0.1, 0.15) is 15.2 Å². The van der Waals surface area contributed by atoms with E-state index in [4.69, 9.17) is 0 Å². The van der Waals surface area contributed by atoms with Gasteiger partial charge in [-0.25, -0.2) is 5.43 Å². The third kappa shape index (κ3) is 5.31. The van der Waals surface area contributed by atoms with Gasteiger partial charge in [0.2, 0.25) is 4.80 Å². The number of benzene rings is 2. The molecule has 0 saturated carbocycles. The van der Waals surface area contributed by atoms with Gasteiger partial charge in [0.1, 0.15) is 0 Å². The van der Waals surface area contributed by atoms with Crippen LogP contribution >= 0.6 is 43.2 Å². The van der Waals surface area contributed by atoms with Gasteiger partial charge in [-0.15, -0.1) is 11.7 Å². The maximum Gasteiger partial charge on any atom is 0.271 e. The quantitative estimate of drug-likeness (QED) is 0.363. The molecule has 0 bridgehead atoms. The molecule has 3 rings (SSSR count). The second kappa shape index (κ2) is 10.3. The Labute approximate surface area is 195 Å². The average molecular weight is 587 g/mol. The fourth-order valence-electron chi connectivity index (χ4n) is 2.67. The summed E-state index contributed by atoms with van der Waals surface area (Å²) in [6.45, 7) is 6.50. The lowest BCUT2D eigenvalue weighted by Crippen LogP contribution is -3.00. The minimum atomic E-state index is -0.252. The predicted molar refractivity (Wildman–Crippen MR) is 118 cm³/mol. The fourth-order valence-corrected chi connectivity index (χ4v) is 4.30. The van der Waals surface area contributed by atoms with Crippen molar-refractivity contribution in [2.75, 3.05) is 0 Å². The molecule has 0 unspecified atom stereocenters. The number of amides is 1. The van der Waals surface area contributed by atoms with Crippen molar-refractivity contribution < 1.29 is 21.8 Å². The van der Waals surface area contributed by atoms with Crippen molar-refractivity contribution >= 4 is 49.1 Å². The van der Waals surface area contributed by atoms with Gasteiger partial charge >= 0.3 is 0 Å². The molecule has 1 amide bonds. The summed E-state index contributed by atoms with van der Waals surface area (Å²) in [4.78, 5) is 14.2. The van der Waals surface area contributed by atoms with Gasteiger partial charge in [0.15, 0.2) is 0 Å². The van der Waals surface area contributed by atoms with E-state index < -0.39 is 0 Å². The first-order chi connectivity index (χ1) is 13.0. The zero-order valence-corrected chi connectivity index (χ0v) is 20.5. The highest BCUT2D eigenvalue weighted by Gasteiger charge is 2.13. The monoisotopic (exact) mass is 584 g/mol. The Hall–Kier alpha value is -1.48. The summed E-state index contributed by atoms with van der Waals surface area (Å²) in [6.07, 6.45) is 1.82. The van der Waals surface area contributed by atoms with E-state index in [2.05, 4.69) is 72.6 Å². The molecular weight excluding hydrogens is 570 g/mol. The van der Waals surface area contributed by atoms with E-state index in [0.29, 0.717) is 16.9 Å².